The number of hydrogen-bond acceptors (Lipinski definition) is 3. The summed E-state index contributed by atoms with van der Waals surface area (Å²) in [6.07, 6.45) is 0. The number of thiocarbonyl (C=S) groups is 2. The summed E-state index contributed by atoms with van der Waals surface area (Å²) in [7, 11) is 6.02. The van der Waals surface area contributed by atoms with Crippen LogP contribution in [0.2, 0.25) is 0 Å². The Morgan fingerprint density at radius 2 is 1.03 bits per heavy atom. The van der Waals surface area contributed by atoms with Gasteiger partial charge in [0.1, 0.15) is 0 Å². The van der Waals surface area contributed by atoms with Crippen LogP contribution in [0.4, 0.5) is 11.4 Å². The van der Waals surface area contributed by atoms with Crippen molar-refractivity contribution in [3.8, 4) is 0 Å². The van der Waals surface area contributed by atoms with Crippen LogP contribution in [-0.2, 0) is 0 Å². The summed E-state index contributed by atoms with van der Waals surface area (Å²) in [5, 5.41) is 7.77. The molecule has 2 N–H and O–H groups in total. The van der Waals surface area contributed by atoms with E-state index >= 15 is 0 Å². The van der Waals surface area contributed by atoms with Gasteiger partial charge in [0.2, 0.25) is 0 Å². The first-order valence-electron chi connectivity index (χ1n) is 12.5. The third kappa shape index (κ3) is 5.84. The van der Waals surface area contributed by atoms with Crippen molar-refractivity contribution in [2.24, 2.45) is 0 Å². The molecule has 0 aromatic heterocycles. The van der Waals surface area contributed by atoms with Gasteiger partial charge in [-0.1, -0.05) is 0 Å². The molecule has 0 bridgehead atoms. The summed E-state index contributed by atoms with van der Waals surface area (Å²) < 4.78 is 0. The van der Waals surface area contributed by atoms with Crippen LogP contribution in [0.1, 0.15) is 55.6 Å². The first-order chi connectivity index (χ1) is 16.6. The van der Waals surface area contributed by atoms with Gasteiger partial charge < -0.3 is 20.4 Å². The quantitative estimate of drug-likeness (QED) is 0.446. The minimum absolute atomic E-state index is 0.661. The molecular formula is C29H45N5S2. The number of rotatable bonds is 2. The lowest BCUT2D eigenvalue weighted by molar-refractivity contribution is 0.224. The third-order valence-electron chi connectivity index (χ3n) is 8.09. The van der Waals surface area contributed by atoms with Gasteiger partial charge in [0.25, 0.3) is 0 Å². The van der Waals surface area contributed by atoms with Crippen molar-refractivity contribution in [3.63, 3.8) is 0 Å². The van der Waals surface area contributed by atoms with E-state index in [0.717, 1.165) is 24.1 Å². The largest absolute Gasteiger partial charge is 0.366 e. The molecule has 0 spiro atoms. The van der Waals surface area contributed by atoms with Crippen LogP contribution in [0, 0.1) is 69.2 Å². The van der Waals surface area contributed by atoms with E-state index in [2.05, 4.69) is 109 Å². The van der Waals surface area contributed by atoms with E-state index in [9.17, 15) is 0 Å². The number of benzene rings is 2. The Morgan fingerprint density at radius 3 is 1.44 bits per heavy atom. The fourth-order valence-electron chi connectivity index (χ4n) is 4.89. The van der Waals surface area contributed by atoms with Gasteiger partial charge in [0.05, 0.1) is 19.0 Å². The Morgan fingerprint density at radius 1 is 0.639 bits per heavy atom. The number of hydrogen-bond donors (Lipinski definition) is 2. The second-order valence-corrected chi connectivity index (χ2v) is 11.0. The Hall–Kier alpha value is -2.22. The number of nitrogens with one attached hydrogen (secondary N) is 2. The molecule has 2 aromatic rings. The molecule has 3 rings (SSSR count). The Bertz CT molecular complexity index is 1130. The normalized spacial score (nSPS) is 14.0. The van der Waals surface area contributed by atoms with Gasteiger partial charge in [-0.05, 0) is 156 Å². The van der Waals surface area contributed by atoms with E-state index in [-0.39, 0.29) is 0 Å². The average molecular weight is 528 g/mol. The zero-order valence-electron chi connectivity index (χ0n) is 24.6. The van der Waals surface area contributed by atoms with Crippen LogP contribution in [-0.4, -0.2) is 54.5 Å². The molecular weight excluding hydrogens is 482 g/mol. The van der Waals surface area contributed by atoms with E-state index in [4.69, 9.17) is 24.4 Å². The van der Waals surface area contributed by atoms with Crippen molar-refractivity contribution in [2.75, 3.05) is 44.7 Å². The predicted molar refractivity (Wildman–Crippen MR) is 166 cm³/mol. The van der Waals surface area contributed by atoms with Crippen molar-refractivity contribution in [1.29, 1.82) is 0 Å². The minimum atomic E-state index is 0.661. The molecule has 1 heterocycles. The minimum Gasteiger partial charge on any atom is -0.366 e. The molecule has 198 valence electrons. The highest BCUT2D eigenvalue weighted by Crippen LogP contribution is 2.34. The molecule has 1 fully saturated rings. The van der Waals surface area contributed by atoms with Crippen LogP contribution in [0.3, 0.4) is 0 Å². The van der Waals surface area contributed by atoms with Crippen LogP contribution in [0.5, 0.6) is 0 Å². The molecule has 0 radical (unpaired) electrons. The molecule has 7 heteroatoms. The molecule has 1 saturated heterocycles. The highest BCUT2D eigenvalue weighted by molar-refractivity contribution is 7.80. The Labute approximate surface area is 230 Å². The van der Waals surface area contributed by atoms with Crippen molar-refractivity contribution < 1.29 is 0 Å². The van der Waals surface area contributed by atoms with Gasteiger partial charge in [-0.15, -0.1) is 0 Å². The summed E-state index contributed by atoms with van der Waals surface area (Å²) >= 11 is 10.8. The molecule has 0 saturated carbocycles. The molecule has 2 aromatic carbocycles. The molecule has 0 amide bonds. The number of nitrogens with zero attached hydrogens (tertiary/aromatic N) is 3. The van der Waals surface area contributed by atoms with E-state index in [0.29, 0.717) is 5.11 Å². The van der Waals surface area contributed by atoms with Crippen LogP contribution < -0.4 is 15.5 Å². The summed E-state index contributed by atoms with van der Waals surface area (Å²) in [6, 6.07) is 0. The molecule has 0 aliphatic carbocycles. The standard InChI is InChI=1S/C16H25N3S.C13H20N2S/c1-10-11(2)13(4)15(14(5)12(10)3)19-9-17(6)8-18(7)16(19)20;1-7-8(2)10(4)12(11(5)9(7)3)15-13(16)14-6/h8-9H2,1-7H3;1-6H3,(H2,14,15,16). The fourth-order valence-corrected chi connectivity index (χ4v) is 5.20. The lowest BCUT2D eigenvalue weighted by Gasteiger charge is -2.43. The van der Waals surface area contributed by atoms with Crippen molar-refractivity contribution >= 4 is 46.0 Å². The maximum Gasteiger partial charge on any atom is 0.178 e. The topological polar surface area (TPSA) is 33.8 Å². The van der Waals surface area contributed by atoms with Gasteiger partial charge >= 0.3 is 0 Å². The lowest BCUT2D eigenvalue weighted by Crippen LogP contribution is -2.55. The Balaban J connectivity index is 0.000000261. The first kappa shape index (κ1) is 30.0. The van der Waals surface area contributed by atoms with Crippen molar-refractivity contribution in [2.45, 2.75) is 69.2 Å². The Kier molecular flexibility index (Phi) is 9.91. The summed E-state index contributed by atoms with van der Waals surface area (Å²) in [5.41, 5.74) is 15.9. The zero-order chi connectivity index (χ0) is 27.6. The molecule has 36 heavy (non-hydrogen) atoms. The van der Waals surface area contributed by atoms with Gasteiger partial charge in [-0.25, -0.2) is 0 Å². The van der Waals surface area contributed by atoms with Crippen LogP contribution in [0.25, 0.3) is 0 Å². The summed E-state index contributed by atoms with van der Waals surface area (Å²) in [4.78, 5) is 6.67. The van der Waals surface area contributed by atoms with Crippen molar-refractivity contribution in [3.05, 3.63) is 55.6 Å². The highest BCUT2D eigenvalue weighted by atomic mass is 32.1. The SMILES string of the molecule is CNC(=S)Nc1c(C)c(C)c(C)c(C)c1C.Cc1c(C)c(C)c(N2CN(C)CN(C)C2=S)c(C)c1C. The lowest BCUT2D eigenvalue weighted by atomic mass is 9.92. The van der Waals surface area contributed by atoms with E-state index < -0.39 is 0 Å². The van der Waals surface area contributed by atoms with Gasteiger partial charge in [-0.2, -0.15) is 0 Å². The molecule has 5 nitrogen and oxygen atoms in total. The average Bonchev–Trinajstić information content (AvgIpc) is 2.84. The predicted octanol–water partition coefficient (Wildman–Crippen LogP) is 6.26. The molecule has 1 aliphatic heterocycles. The van der Waals surface area contributed by atoms with Crippen molar-refractivity contribution in [1.82, 2.24) is 15.1 Å². The first-order valence-corrected chi connectivity index (χ1v) is 13.3. The molecule has 0 atom stereocenters. The van der Waals surface area contributed by atoms with Gasteiger partial charge in [-0.3, -0.25) is 4.90 Å². The van der Waals surface area contributed by atoms with E-state index in [1.165, 1.54) is 61.3 Å². The summed E-state index contributed by atoms with van der Waals surface area (Å²) in [5.74, 6) is 0. The molecule has 1 aliphatic rings. The van der Waals surface area contributed by atoms with Crippen LogP contribution in [0.15, 0.2) is 0 Å². The van der Waals surface area contributed by atoms with E-state index in [1.807, 2.05) is 7.05 Å². The second kappa shape index (κ2) is 11.9. The fraction of sp³-hybridized carbons (Fsp3) is 0.517. The molecule has 0 unspecified atom stereocenters. The van der Waals surface area contributed by atoms with Crippen LogP contribution >= 0.6 is 24.4 Å². The highest BCUT2D eigenvalue weighted by Gasteiger charge is 2.27. The zero-order valence-corrected chi connectivity index (χ0v) is 26.2. The maximum atomic E-state index is 5.65. The number of anilines is 2. The smallest absolute Gasteiger partial charge is 0.178 e. The third-order valence-corrected chi connectivity index (χ3v) is 8.93. The maximum absolute atomic E-state index is 5.65. The monoisotopic (exact) mass is 527 g/mol. The van der Waals surface area contributed by atoms with E-state index in [1.54, 1.807) is 0 Å². The second-order valence-electron chi connectivity index (χ2n) is 10.2. The van der Waals surface area contributed by atoms with Gasteiger partial charge in [0, 0.05) is 19.8 Å². The summed E-state index contributed by atoms with van der Waals surface area (Å²) in [6.45, 7) is 23.5. The van der Waals surface area contributed by atoms with Gasteiger partial charge in [0.15, 0.2) is 10.2 Å².